The molecule has 0 saturated carbocycles. The molecule has 2 aromatic carbocycles. The van der Waals surface area contributed by atoms with Gasteiger partial charge in [0.2, 0.25) is 0 Å². The third-order valence-corrected chi connectivity index (χ3v) is 5.33. The fourth-order valence-corrected chi connectivity index (χ4v) is 3.35. The fourth-order valence-electron chi connectivity index (χ4n) is 1.90. The Labute approximate surface area is 145 Å². The fraction of sp³-hybridized carbons (Fsp3) is 0.0714. The number of carbonyl (C=O) groups is 1. The van der Waals surface area contributed by atoms with E-state index >= 15 is 0 Å². The molecule has 0 atom stereocenters. The summed E-state index contributed by atoms with van der Waals surface area (Å²) in [6, 6.07) is 7.20. The van der Waals surface area contributed by atoms with Gasteiger partial charge in [-0.25, -0.2) is 13.2 Å². The van der Waals surface area contributed by atoms with E-state index in [1.807, 2.05) is 0 Å². The molecule has 2 rings (SSSR count). The zero-order chi connectivity index (χ0) is 18.1. The van der Waals surface area contributed by atoms with Gasteiger partial charge in [-0.15, -0.1) is 0 Å². The largest absolute Gasteiger partial charge is 0.478 e. The van der Waals surface area contributed by atoms with Crippen LogP contribution in [0.1, 0.15) is 15.9 Å². The Morgan fingerprint density at radius 2 is 1.96 bits per heavy atom. The van der Waals surface area contributed by atoms with Gasteiger partial charge in [0.25, 0.3) is 15.7 Å². The predicted octanol–water partition coefficient (Wildman–Crippen LogP) is 3.16. The van der Waals surface area contributed by atoms with Crippen LogP contribution in [0.3, 0.4) is 0 Å². The molecule has 126 valence electrons. The maximum absolute atomic E-state index is 12.4. The number of carboxylic acid groups (broad SMARTS) is 1. The first-order valence-corrected chi connectivity index (χ1v) is 8.70. The van der Waals surface area contributed by atoms with E-state index in [9.17, 15) is 23.3 Å². The average molecular weight is 415 g/mol. The van der Waals surface area contributed by atoms with E-state index in [4.69, 9.17) is 5.11 Å². The molecule has 2 N–H and O–H groups in total. The molecule has 8 nitrogen and oxygen atoms in total. The Hall–Kier alpha value is -2.46. The highest BCUT2D eigenvalue weighted by Gasteiger charge is 2.23. The summed E-state index contributed by atoms with van der Waals surface area (Å²) in [7, 11) is -4.19. The molecule has 0 spiro atoms. The molecule has 0 amide bonds. The minimum Gasteiger partial charge on any atom is -0.478 e. The molecule has 0 saturated heterocycles. The second-order valence-corrected chi connectivity index (χ2v) is 7.35. The van der Waals surface area contributed by atoms with Crippen molar-refractivity contribution in [2.24, 2.45) is 0 Å². The summed E-state index contributed by atoms with van der Waals surface area (Å²) < 4.78 is 27.4. The molecule has 0 aliphatic rings. The van der Waals surface area contributed by atoms with Crippen molar-refractivity contribution in [1.82, 2.24) is 0 Å². The molecular weight excluding hydrogens is 404 g/mol. The quantitative estimate of drug-likeness (QED) is 0.571. The van der Waals surface area contributed by atoms with Crippen LogP contribution >= 0.6 is 15.9 Å². The number of nitro groups is 1. The average Bonchev–Trinajstić information content (AvgIpc) is 2.50. The van der Waals surface area contributed by atoms with Gasteiger partial charge < -0.3 is 5.11 Å². The highest BCUT2D eigenvalue weighted by atomic mass is 79.9. The molecule has 0 heterocycles. The van der Waals surface area contributed by atoms with Gasteiger partial charge in [-0.2, -0.15) is 0 Å². The monoisotopic (exact) mass is 414 g/mol. The predicted molar refractivity (Wildman–Crippen MR) is 89.7 cm³/mol. The Morgan fingerprint density at radius 3 is 2.54 bits per heavy atom. The number of nitrogens with one attached hydrogen (secondary N) is 1. The molecule has 0 aromatic heterocycles. The maximum Gasteiger partial charge on any atom is 0.335 e. The zero-order valence-electron chi connectivity index (χ0n) is 12.2. The highest BCUT2D eigenvalue weighted by molar-refractivity contribution is 9.10. The Kier molecular flexibility index (Phi) is 4.90. The van der Waals surface area contributed by atoms with E-state index in [1.54, 1.807) is 6.92 Å². The van der Waals surface area contributed by atoms with Gasteiger partial charge in [-0.3, -0.25) is 14.8 Å². The van der Waals surface area contributed by atoms with Crippen molar-refractivity contribution in [2.45, 2.75) is 11.8 Å². The Balaban J connectivity index is 2.50. The zero-order valence-corrected chi connectivity index (χ0v) is 14.6. The minimum absolute atomic E-state index is 0.211. The van der Waals surface area contributed by atoms with Crippen molar-refractivity contribution in [3.05, 3.63) is 62.1 Å². The van der Waals surface area contributed by atoms with Crippen molar-refractivity contribution >= 4 is 43.3 Å². The first kappa shape index (κ1) is 17.9. The molecule has 24 heavy (non-hydrogen) atoms. The first-order chi connectivity index (χ1) is 11.1. The van der Waals surface area contributed by atoms with Gasteiger partial charge in [0.05, 0.1) is 15.4 Å². The molecule has 0 aliphatic carbocycles. The number of nitrogens with zero attached hydrogens (tertiary/aromatic N) is 1. The van der Waals surface area contributed by atoms with Gasteiger partial charge in [0, 0.05) is 10.5 Å². The summed E-state index contributed by atoms with van der Waals surface area (Å²) >= 11 is 3.19. The van der Waals surface area contributed by atoms with Crippen molar-refractivity contribution < 1.29 is 23.2 Å². The number of halogens is 1. The second-order valence-electron chi connectivity index (χ2n) is 4.81. The molecule has 0 bridgehead atoms. The van der Waals surface area contributed by atoms with Crippen LogP contribution in [0.2, 0.25) is 0 Å². The summed E-state index contributed by atoms with van der Waals surface area (Å²) in [5.41, 5.74) is -0.276. The van der Waals surface area contributed by atoms with Gasteiger partial charge in [0.1, 0.15) is 5.69 Å². The van der Waals surface area contributed by atoms with Crippen LogP contribution in [0, 0.1) is 17.0 Å². The minimum atomic E-state index is -4.19. The lowest BCUT2D eigenvalue weighted by Crippen LogP contribution is -2.15. The van der Waals surface area contributed by atoms with Crippen molar-refractivity contribution in [3.63, 3.8) is 0 Å². The second kappa shape index (κ2) is 6.57. The van der Waals surface area contributed by atoms with Crippen LogP contribution in [0.4, 0.5) is 11.4 Å². The number of sulfonamides is 1. The third kappa shape index (κ3) is 3.71. The van der Waals surface area contributed by atoms with Crippen LogP contribution in [-0.2, 0) is 10.0 Å². The molecule has 0 aliphatic heterocycles. The van der Waals surface area contributed by atoms with Gasteiger partial charge in [-0.1, -0.05) is 22.0 Å². The lowest BCUT2D eigenvalue weighted by atomic mass is 10.2. The number of rotatable bonds is 5. The summed E-state index contributed by atoms with van der Waals surface area (Å²) in [5.74, 6) is -1.28. The van der Waals surface area contributed by atoms with Crippen LogP contribution in [0.25, 0.3) is 0 Å². The Morgan fingerprint density at radius 1 is 1.29 bits per heavy atom. The number of hydrogen-bond donors (Lipinski definition) is 2. The molecule has 0 radical (unpaired) electrons. The van der Waals surface area contributed by atoms with Crippen molar-refractivity contribution in [1.29, 1.82) is 0 Å². The van der Waals surface area contributed by atoms with Gasteiger partial charge in [-0.05, 0) is 36.8 Å². The summed E-state index contributed by atoms with van der Waals surface area (Å²) in [6.45, 7) is 1.63. The van der Waals surface area contributed by atoms with Crippen LogP contribution in [-0.4, -0.2) is 24.4 Å². The molecule has 0 unspecified atom stereocenters. The van der Waals surface area contributed by atoms with Gasteiger partial charge >= 0.3 is 5.97 Å². The van der Waals surface area contributed by atoms with E-state index in [1.165, 1.54) is 30.3 Å². The lowest BCUT2D eigenvalue weighted by Gasteiger charge is -2.10. The van der Waals surface area contributed by atoms with Crippen LogP contribution < -0.4 is 4.72 Å². The molecular formula is C14H11BrN2O6S. The van der Waals surface area contributed by atoms with E-state index < -0.39 is 26.6 Å². The SMILES string of the molecule is Cc1cc([N+](=O)[O-])c(NS(=O)(=O)c2cccc(C(=O)O)c2)cc1Br. The number of carboxylic acids is 1. The van der Waals surface area contributed by atoms with Crippen LogP contribution in [0.5, 0.6) is 0 Å². The smallest absolute Gasteiger partial charge is 0.335 e. The number of aromatic carboxylic acids is 1. The number of nitro benzene ring substituents is 1. The van der Waals surface area contributed by atoms with Crippen molar-refractivity contribution in [2.75, 3.05) is 4.72 Å². The highest BCUT2D eigenvalue weighted by Crippen LogP contribution is 2.32. The normalized spacial score (nSPS) is 11.1. The third-order valence-electron chi connectivity index (χ3n) is 3.11. The summed E-state index contributed by atoms with van der Waals surface area (Å²) in [6.07, 6.45) is 0. The summed E-state index contributed by atoms with van der Waals surface area (Å²) in [5, 5.41) is 20.1. The van der Waals surface area contributed by atoms with E-state index in [0.29, 0.717) is 10.0 Å². The Bertz CT molecular complexity index is 942. The number of hydrogen-bond acceptors (Lipinski definition) is 5. The van der Waals surface area contributed by atoms with E-state index in [2.05, 4.69) is 20.7 Å². The van der Waals surface area contributed by atoms with E-state index in [0.717, 1.165) is 6.07 Å². The van der Waals surface area contributed by atoms with E-state index in [-0.39, 0.29) is 16.1 Å². The number of aryl methyl sites for hydroxylation is 1. The maximum atomic E-state index is 12.4. The first-order valence-electron chi connectivity index (χ1n) is 6.42. The standard InChI is InChI=1S/C14H11BrN2O6S/c1-8-5-13(17(20)21)12(7-11(8)15)16-24(22,23)10-4-2-3-9(6-10)14(18)19/h2-7,16H,1H3,(H,18,19). The summed E-state index contributed by atoms with van der Waals surface area (Å²) in [4.78, 5) is 21.1. The van der Waals surface area contributed by atoms with Gasteiger partial charge in [0.15, 0.2) is 0 Å². The van der Waals surface area contributed by atoms with Crippen molar-refractivity contribution in [3.8, 4) is 0 Å². The lowest BCUT2D eigenvalue weighted by molar-refractivity contribution is -0.383. The number of anilines is 1. The molecule has 0 fully saturated rings. The van der Waals surface area contributed by atoms with Crippen LogP contribution in [0.15, 0.2) is 45.8 Å². The number of benzene rings is 2. The topological polar surface area (TPSA) is 127 Å². The molecule has 2 aromatic rings. The molecule has 10 heteroatoms.